The van der Waals surface area contributed by atoms with Gasteiger partial charge in [-0.05, 0) is 79.8 Å². The van der Waals surface area contributed by atoms with E-state index < -0.39 is 5.97 Å². The van der Waals surface area contributed by atoms with Crippen molar-refractivity contribution in [2.24, 2.45) is 0 Å². The average Bonchev–Trinajstić information content (AvgIpc) is 3.10. The van der Waals surface area contributed by atoms with Gasteiger partial charge in [0.05, 0.1) is 13.0 Å². The first kappa shape index (κ1) is 23.8. The van der Waals surface area contributed by atoms with E-state index in [0.29, 0.717) is 22.9 Å². The number of carbonyl (C=O) groups is 2. The highest BCUT2D eigenvalue weighted by Gasteiger charge is 2.40. The first-order valence-corrected chi connectivity index (χ1v) is 11.9. The number of carbonyl (C=O) groups excluding carboxylic acids is 1. The Morgan fingerprint density at radius 2 is 1.74 bits per heavy atom. The van der Waals surface area contributed by atoms with E-state index in [1.807, 2.05) is 43.3 Å². The van der Waals surface area contributed by atoms with E-state index in [9.17, 15) is 14.7 Å². The summed E-state index contributed by atoms with van der Waals surface area (Å²) in [5.41, 5.74) is 3.39. The van der Waals surface area contributed by atoms with Gasteiger partial charge in [0, 0.05) is 28.2 Å². The Morgan fingerprint density at radius 3 is 2.44 bits per heavy atom. The molecule has 0 bridgehead atoms. The molecule has 34 heavy (non-hydrogen) atoms. The van der Waals surface area contributed by atoms with Crippen LogP contribution in [0.2, 0.25) is 5.02 Å². The second kappa shape index (κ2) is 10.7. The fourth-order valence-corrected chi connectivity index (χ4v) is 4.68. The van der Waals surface area contributed by atoms with Crippen molar-refractivity contribution < 1.29 is 19.4 Å². The number of fused-ring (bicyclic) bond motifs is 1. The molecule has 0 saturated heterocycles. The molecule has 0 fully saturated rings. The van der Waals surface area contributed by atoms with Gasteiger partial charge in [-0.2, -0.15) is 0 Å². The smallest absolute Gasteiger partial charge is 0.304 e. The summed E-state index contributed by atoms with van der Waals surface area (Å²) < 4.78 is 5.99. The molecule has 0 spiro atoms. The molecule has 2 atom stereocenters. The Bertz CT molecular complexity index is 1150. The van der Waals surface area contributed by atoms with Crippen LogP contribution in [0.4, 0.5) is 5.69 Å². The van der Waals surface area contributed by atoms with E-state index in [1.54, 1.807) is 29.2 Å². The van der Waals surface area contributed by atoms with Crippen molar-refractivity contribution in [3.05, 3.63) is 94.5 Å². The summed E-state index contributed by atoms with van der Waals surface area (Å²) in [6.07, 6.45) is 2.90. The molecule has 6 heteroatoms. The lowest BCUT2D eigenvalue weighted by Crippen LogP contribution is -2.37. The number of aryl methyl sites for hydroxylation is 1. The summed E-state index contributed by atoms with van der Waals surface area (Å²) in [7, 11) is 0. The van der Waals surface area contributed by atoms with Crippen molar-refractivity contribution in [1.82, 2.24) is 0 Å². The Labute approximate surface area is 204 Å². The van der Waals surface area contributed by atoms with Crippen LogP contribution < -0.4 is 9.64 Å². The van der Waals surface area contributed by atoms with E-state index in [0.717, 1.165) is 30.5 Å². The number of nitrogens with zero attached hydrogens (tertiary/aromatic N) is 1. The van der Waals surface area contributed by atoms with Gasteiger partial charge >= 0.3 is 5.97 Å². The van der Waals surface area contributed by atoms with Crippen LogP contribution >= 0.6 is 11.6 Å². The third kappa shape index (κ3) is 5.42. The van der Waals surface area contributed by atoms with Crippen molar-refractivity contribution in [3.63, 3.8) is 0 Å². The minimum absolute atomic E-state index is 0.0565. The molecule has 0 saturated carbocycles. The maximum atomic E-state index is 13.3. The number of carboxylic acid groups (broad SMARTS) is 1. The van der Waals surface area contributed by atoms with Gasteiger partial charge in [0.2, 0.25) is 0 Å². The van der Waals surface area contributed by atoms with Gasteiger partial charge in [0.15, 0.2) is 0 Å². The zero-order valence-electron chi connectivity index (χ0n) is 19.1. The molecule has 0 unspecified atom stereocenters. The number of benzene rings is 3. The van der Waals surface area contributed by atoms with Gasteiger partial charge < -0.3 is 14.7 Å². The van der Waals surface area contributed by atoms with Crippen molar-refractivity contribution >= 4 is 29.2 Å². The van der Waals surface area contributed by atoms with E-state index in [-0.39, 0.29) is 24.3 Å². The summed E-state index contributed by atoms with van der Waals surface area (Å²) >= 11 is 5.97. The molecule has 176 valence electrons. The molecule has 4 rings (SSSR count). The van der Waals surface area contributed by atoms with Crippen LogP contribution in [0.25, 0.3) is 0 Å². The molecule has 1 amide bonds. The predicted molar refractivity (Wildman–Crippen MR) is 134 cm³/mol. The molecule has 0 aromatic heterocycles. The molecule has 1 aliphatic rings. The number of ether oxygens (including phenoxy) is 1. The van der Waals surface area contributed by atoms with Gasteiger partial charge in [0.25, 0.3) is 5.91 Å². The monoisotopic (exact) mass is 477 g/mol. The standard InChI is InChI=1S/C28H28ClNO4/c1-19-24(18-27(31)32)25-17-23(34-16-6-5-9-20-7-3-2-4-8-20)14-15-26(25)30(19)28(33)21-10-12-22(29)13-11-21/h2-4,7-8,10-15,17,19,24H,5-6,9,16,18H2,1H3,(H,31,32)/t19-,24-/m1/s1. The number of amides is 1. The highest BCUT2D eigenvalue weighted by atomic mass is 35.5. The number of unbranched alkanes of at least 4 members (excludes halogenated alkanes) is 1. The Kier molecular flexibility index (Phi) is 7.53. The molecular weight excluding hydrogens is 450 g/mol. The second-order valence-corrected chi connectivity index (χ2v) is 9.08. The van der Waals surface area contributed by atoms with E-state index in [4.69, 9.17) is 16.3 Å². The van der Waals surface area contributed by atoms with Gasteiger partial charge in [-0.3, -0.25) is 9.59 Å². The molecule has 0 radical (unpaired) electrons. The number of halogens is 1. The van der Waals surface area contributed by atoms with Gasteiger partial charge in [-0.15, -0.1) is 0 Å². The fourth-order valence-electron chi connectivity index (χ4n) is 4.56. The van der Waals surface area contributed by atoms with Crippen molar-refractivity contribution in [2.75, 3.05) is 11.5 Å². The maximum absolute atomic E-state index is 13.3. The molecule has 0 aliphatic carbocycles. The normalized spacial score (nSPS) is 16.8. The number of hydrogen-bond acceptors (Lipinski definition) is 3. The molecule has 1 aliphatic heterocycles. The number of aliphatic carboxylic acids is 1. The highest BCUT2D eigenvalue weighted by molar-refractivity contribution is 6.30. The first-order chi connectivity index (χ1) is 16.4. The molecule has 3 aromatic carbocycles. The van der Waals surface area contributed by atoms with Gasteiger partial charge in [0.1, 0.15) is 5.75 Å². The molecule has 1 heterocycles. The van der Waals surface area contributed by atoms with Gasteiger partial charge in [-0.1, -0.05) is 41.9 Å². The minimum Gasteiger partial charge on any atom is -0.494 e. The summed E-state index contributed by atoms with van der Waals surface area (Å²) in [6.45, 7) is 2.48. The molecule has 3 aromatic rings. The van der Waals surface area contributed by atoms with Crippen LogP contribution in [-0.2, 0) is 11.2 Å². The number of carboxylic acids is 1. The summed E-state index contributed by atoms with van der Waals surface area (Å²) in [5.74, 6) is -0.684. The van der Waals surface area contributed by atoms with Crippen molar-refractivity contribution in [3.8, 4) is 5.75 Å². The third-order valence-electron chi connectivity index (χ3n) is 6.32. The van der Waals surface area contributed by atoms with E-state index in [2.05, 4.69) is 12.1 Å². The molecular formula is C28H28ClNO4. The lowest BCUT2D eigenvalue weighted by molar-refractivity contribution is -0.137. The summed E-state index contributed by atoms with van der Waals surface area (Å²) in [5, 5.41) is 10.1. The SMILES string of the molecule is C[C@@H]1[C@@H](CC(=O)O)c2cc(OCCCCc3ccccc3)ccc2N1C(=O)c1ccc(Cl)cc1. The van der Waals surface area contributed by atoms with Crippen molar-refractivity contribution in [2.45, 2.75) is 44.6 Å². The Balaban J connectivity index is 1.47. The largest absolute Gasteiger partial charge is 0.494 e. The number of anilines is 1. The zero-order valence-corrected chi connectivity index (χ0v) is 19.9. The van der Waals surface area contributed by atoms with E-state index in [1.165, 1.54) is 5.56 Å². The molecule has 5 nitrogen and oxygen atoms in total. The van der Waals surface area contributed by atoms with Crippen LogP contribution in [0.1, 0.15) is 53.6 Å². The summed E-state index contributed by atoms with van der Waals surface area (Å²) in [6, 6.07) is 22.4. The first-order valence-electron chi connectivity index (χ1n) is 11.6. The minimum atomic E-state index is -0.893. The quantitative estimate of drug-likeness (QED) is 0.365. The van der Waals surface area contributed by atoms with Gasteiger partial charge in [-0.25, -0.2) is 0 Å². The predicted octanol–water partition coefficient (Wildman–Crippen LogP) is 6.35. The lowest BCUT2D eigenvalue weighted by atomic mass is 9.92. The molecule has 1 N–H and O–H groups in total. The zero-order chi connectivity index (χ0) is 24.1. The maximum Gasteiger partial charge on any atom is 0.304 e. The van der Waals surface area contributed by atoms with Crippen LogP contribution in [-0.4, -0.2) is 29.6 Å². The Morgan fingerprint density at radius 1 is 1.00 bits per heavy atom. The average molecular weight is 478 g/mol. The third-order valence-corrected chi connectivity index (χ3v) is 6.58. The summed E-state index contributed by atoms with van der Waals surface area (Å²) in [4.78, 5) is 26.6. The van der Waals surface area contributed by atoms with Crippen LogP contribution in [0.15, 0.2) is 72.8 Å². The fraction of sp³-hybridized carbons (Fsp3) is 0.286. The highest BCUT2D eigenvalue weighted by Crippen LogP contribution is 2.45. The second-order valence-electron chi connectivity index (χ2n) is 8.64. The number of rotatable bonds is 9. The van der Waals surface area contributed by atoms with E-state index >= 15 is 0 Å². The van der Waals surface area contributed by atoms with Crippen LogP contribution in [0, 0.1) is 0 Å². The van der Waals surface area contributed by atoms with Crippen molar-refractivity contribution in [1.29, 1.82) is 0 Å². The Hall–Kier alpha value is -3.31. The van der Waals surface area contributed by atoms with Crippen LogP contribution in [0.3, 0.4) is 0 Å². The number of hydrogen-bond donors (Lipinski definition) is 1. The lowest BCUT2D eigenvalue weighted by Gasteiger charge is -2.25. The topological polar surface area (TPSA) is 66.8 Å². The van der Waals surface area contributed by atoms with Crippen LogP contribution in [0.5, 0.6) is 5.75 Å².